The van der Waals surface area contributed by atoms with Crippen LogP contribution in [0.3, 0.4) is 0 Å². The Balaban J connectivity index is 1.66. The van der Waals surface area contributed by atoms with Gasteiger partial charge < -0.3 is 10.6 Å². The highest BCUT2D eigenvalue weighted by Gasteiger charge is 2.26. The van der Waals surface area contributed by atoms with Gasteiger partial charge in [0.15, 0.2) is 0 Å². The van der Waals surface area contributed by atoms with E-state index in [1.807, 2.05) is 0 Å². The molecular formula is C15H28N2O. The van der Waals surface area contributed by atoms with E-state index in [-0.39, 0.29) is 0 Å². The first-order valence-electron chi connectivity index (χ1n) is 7.72. The molecule has 1 aliphatic heterocycles. The Morgan fingerprint density at radius 2 is 1.89 bits per heavy atom. The van der Waals surface area contributed by atoms with Gasteiger partial charge in [-0.2, -0.15) is 0 Å². The molecule has 2 N–H and O–H groups in total. The number of amides is 1. The van der Waals surface area contributed by atoms with Crippen LogP contribution in [0.1, 0.15) is 58.3 Å². The minimum Gasteiger partial charge on any atom is -0.342 e. The summed E-state index contributed by atoms with van der Waals surface area (Å²) < 4.78 is 0. The van der Waals surface area contributed by atoms with Crippen LogP contribution in [0.25, 0.3) is 0 Å². The van der Waals surface area contributed by atoms with Gasteiger partial charge in [0.05, 0.1) is 0 Å². The van der Waals surface area contributed by atoms with E-state index < -0.39 is 0 Å². The van der Waals surface area contributed by atoms with Crippen LogP contribution in [0.4, 0.5) is 0 Å². The molecule has 1 saturated heterocycles. The molecule has 0 aromatic rings. The van der Waals surface area contributed by atoms with Crippen molar-refractivity contribution >= 4 is 5.91 Å². The average molecular weight is 252 g/mol. The minimum absolute atomic E-state index is 0.390. The van der Waals surface area contributed by atoms with E-state index in [2.05, 4.69) is 11.8 Å². The third-order valence-electron chi connectivity index (χ3n) is 4.87. The van der Waals surface area contributed by atoms with Gasteiger partial charge in [0, 0.05) is 25.6 Å². The van der Waals surface area contributed by atoms with Crippen molar-refractivity contribution in [3.05, 3.63) is 0 Å². The first-order valence-corrected chi connectivity index (χ1v) is 7.72. The number of hydrogen-bond acceptors (Lipinski definition) is 2. The zero-order valence-electron chi connectivity index (χ0n) is 11.7. The fourth-order valence-corrected chi connectivity index (χ4v) is 3.36. The lowest BCUT2D eigenvalue weighted by Crippen LogP contribution is -2.30. The summed E-state index contributed by atoms with van der Waals surface area (Å²) in [6.07, 6.45) is 9.03. The van der Waals surface area contributed by atoms with Gasteiger partial charge in [-0.05, 0) is 50.4 Å². The summed E-state index contributed by atoms with van der Waals surface area (Å²) in [6.45, 7) is 4.22. The number of hydrogen-bond donors (Lipinski definition) is 1. The van der Waals surface area contributed by atoms with E-state index in [1.54, 1.807) is 0 Å². The van der Waals surface area contributed by atoms with E-state index in [0.29, 0.717) is 11.9 Å². The second kappa shape index (κ2) is 6.55. The van der Waals surface area contributed by atoms with Gasteiger partial charge in [0.1, 0.15) is 0 Å². The largest absolute Gasteiger partial charge is 0.342 e. The highest BCUT2D eigenvalue weighted by molar-refractivity contribution is 5.76. The fourth-order valence-electron chi connectivity index (χ4n) is 3.36. The average Bonchev–Trinajstić information content (AvgIpc) is 2.86. The highest BCUT2D eigenvalue weighted by Crippen LogP contribution is 2.28. The number of nitrogens with zero attached hydrogens (tertiary/aromatic N) is 1. The normalized spacial score (nSPS) is 32.8. The first kappa shape index (κ1) is 13.9. The summed E-state index contributed by atoms with van der Waals surface area (Å²) >= 11 is 0. The van der Waals surface area contributed by atoms with Gasteiger partial charge in [-0.1, -0.05) is 13.3 Å². The predicted octanol–water partition coefficient (Wildman–Crippen LogP) is 2.54. The molecule has 1 amide bonds. The maximum Gasteiger partial charge on any atom is 0.222 e. The number of rotatable bonds is 4. The fraction of sp³-hybridized carbons (Fsp3) is 0.933. The van der Waals surface area contributed by atoms with Gasteiger partial charge in [0.2, 0.25) is 5.91 Å². The summed E-state index contributed by atoms with van der Waals surface area (Å²) in [7, 11) is 0. The van der Waals surface area contributed by atoms with Crippen LogP contribution in [0, 0.1) is 11.8 Å². The van der Waals surface area contributed by atoms with Crippen LogP contribution < -0.4 is 5.73 Å². The zero-order chi connectivity index (χ0) is 13.0. The summed E-state index contributed by atoms with van der Waals surface area (Å²) in [5.41, 5.74) is 5.91. The van der Waals surface area contributed by atoms with Crippen LogP contribution in [0.5, 0.6) is 0 Å². The molecule has 1 saturated carbocycles. The third-order valence-corrected chi connectivity index (χ3v) is 4.87. The Morgan fingerprint density at radius 1 is 1.17 bits per heavy atom. The minimum atomic E-state index is 0.390. The second-order valence-corrected chi connectivity index (χ2v) is 6.22. The molecule has 0 aromatic heterocycles. The zero-order valence-corrected chi connectivity index (χ0v) is 11.7. The molecule has 0 bridgehead atoms. The van der Waals surface area contributed by atoms with Crippen LogP contribution >= 0.6 is 0 Å². The summed E-state index contributed by atoms with van der Waals surface area (Å²) in [5, 5.41) is 0. The molecule has 1 atom stereocenters. The van der Waals surface area contributed by atoms with Crippen molar-refractivity contribution in [1.82, 2.24) is 4.90 Å². The van der Waals surface area contributed by atoms with E-state index >= 15 is 0 Å². The maximum absolute atomic E-state index is 12.1. The standard InChI is InChI=1S/C15H28N2O/c1-2-12-9-10-17(11-12)15(18)8-5-13-3-6-14(16)7-4-13/h12-14H,2-11,16H2,1H3. The topological polar surface area (TPSA) is 46.3 Å². The Kier molecular flexibility index (Phi) is 5.04. The van der Waals surface area contributed by atoms with Crippen LogP contribution in [0.2, 0.25) is 0 Å². The maximum atomic E-state index is 12.1. The molecule has 0 aromatic carbocycles. The van der Waals surface area contributed by atoms with Gasteiger partial charge in [0.25, 0.3) is 0 Å². The molecule has 3 nitrogen and oxygen atoms in total. The number of nitrogens with two attached hydrogens (primary N) is 1. The smallest absolute Gasteiger partial charge is 0.222 e. The summed E-state index contributed by atoms with van der Waals surface area (Å²) in [5.74, 6) is 1.89. The number of likely N-dealkylation sites (tertiary alicyclic amines) is 1. The molecule has 1 aliphatic carbocycles. The molecule has 2 aliphatic rings. The van der Waals surface area contributed by atoms with Gasteiger partial charge >= 0.3 is 0 Å². The SMILES string of the molecule is CCC1CCN(C(=O)CCC2CCC(N)CC2)C1. The molecular weight excluding hydrogens is 224 g/mol. The number of carbonyl (C=O) groups excluding carboxylic acids is 1. The molecule has 18 heavy (non-hydrogen) atoms. The summed E-state index contributed by atoms with van der Waals surface area (Å²) in [4.78, 5) is 14.2. The van der Waals surface area contributed by atoms with Crippen LogP contribution in [-0.4, -0.2) is 29.9 Å². The predicted molar refractivity (Wildman–Crippen MR) is 74.1 cm³/mol. The molecule has 3 heteroatoms. The van der Waals surface area contributed by atoms with Crippen LogP contribution in [-0.2, 0) is 4.79 Å². The lowest BCUT2D eigenvalue weighted by molar-refractivity contribution is -0.130. The van der Waals surface area contributed by atoms with Crippen molar-refractivity contribution in [3.63, 3.8) is 0 Å². The van der Waals surface area contributed by atoms with Gasteiger partial charge in [-0.15, -0.1) is 0 Å². The lowest BCUT2D eigenvalue weighted by Gasteiger charge is -2.26. The Labute approximate surface area is 111 Å². The van der Waals surface area contributed by atoms with Crippen molar-refractivity contribution < 1.29 is 4.79 Å². The lowest BCUT2D eigenvalue weighted by atomic mass is 9.84. The molecule has 2 fully saturated rings. The first-order chi connectivity index (χ1) is 8.69. The molecule has 2 rings (SSSR count). The molecule has 0 radical (unpaired) electrons. The number of carbonyl (C=O) groups is 1. The van der Waals surface area contributed by atoms with E-state index in [4.69, 9.17) is 5.73 Å². The molecule has 104 valence electrons. The van der Waals surface area contributed by atoms with Gasteiger partial charge in [-0.25, -0.2) is 0 Å². The van der Waals surface area contributed by atoms with Crippen molar-refractivity contribution in [1.29, 1.82) is 0 Å². The van der Waals surface area contributed by atoms with E-state index in [0.717, 1.165) is 50.6 Å². The quantitative estimate of drug-likeness (QED) is 0.835. The van der Waals surface area contributed by atoms with Gasteiger partial charge in [-0.3, -0.25) is 4.79 Å². The monoisotopic (exact) mass is 252 g/mol. The third kappa shape index (κ3) is 3.71. The highest BCUT2D eigenvalue weighted by atomic mass is 16.2. The Bertz CT molecular complexity index is 272. The van der Waals surface area contributed by atoms with Crippen LogP contribution in [0.15, 0.2) is 0 Å². The molecule has 1 heterocycles. The Hall–Kier alpha value is -0.570. The van der Waals surface area contributed by atoms with Crippen molar-refractivity contribution in [3.8, 4) is 0 Å². The Morgan fingerprint density at radius 3 is 2.50 bits per heavy atom. The summed E-state index contributed by atoms with van der Waals surface area (Å²) in [6, 6.07) is 0.417. The van der Waals surface area contributed by atoms with E-state index in [9.17, 15) is 4.79 Å². The molecule has 0 spiro atoms. The van der Waals surface area contributed by atoms with Crippen molar-refractivity contribution in [2.45, 2.75) is 64.3 Å². The second-order valence-electron chi connectivity index (χ2n) is 6.22. The van der Waals surface area contributed by atoms with Crippen molar-refractivity contribution in [2.24, 2.45) is 17.6 Å². The van der Waals surface area contributed by atoms with E-state index in [1.165, 1.54) is 25.7 Å². The molecule has 1 unspecified atom stereocenters. The van der Waals surface area contributed by atoms with Crippen molar-refractivity contribution in [2.75, 3.05) is 13.1 Å².